The number of hydrogen-bond acceptors (Lipinski definition) is 3. The monoisotopic (exact) mass is 462 g/mol. The van der Waals surface area contributed by atoms with Crippen LogP contribution in [0.15, 0.2) is 30.3 Å². The molecule has 0 aliphatic carbocycles. The van der Waals surface area contributed by atoms with E-state index in [0.717, 1.165) is 27.3 Å². The van der Waals surface area contributed by atoms with Gasteiger partial charge in [0, 0.05) is 0 Å². The minimum absolute atomic E-state index is 0.0785. The molecule has 0 saturated heterocycles. The molecule has 0 fully saturated rings. The van der Waals surface area contributed by atoms with Gasteiger partial charge in [-0.2, -0.15) is 0 Å². The van der Waals surface area contributed by atoms with Gasteiger partial charge >= 0.3 is 0 Å². The van der Waals surface area contributed by atoms with Crippen LogP contribution in [0.5, 0.6) is 0 Å². The molecule has 0 radical (unpaired) electrons. The Bertz CT molecular complexity index is 1010. The summed E-state index contributed by atoms with van der Waals surface area (Å²) in [6.45, 7) is 5.39. The number of amides is 1. The Kier molecular flexibility index (Phi) is 7.26. The zero-order chi connectivity index (χ0) is 21.2. The van der Waals surface area contributed by atoms with Gasteiger partial charge in [0.2, 0.25) is 15.9 Å². The Hall–Kier alpha value is -1.47. The summed E-state index contributed by atoms with van der Waals surface area (Å²) in [4.78, 5) is 12.6. The molecule has 0 spiro atoms. The lowest BCUT2D eigenvalue weighted by Crippen LogP contribution is -2.41. The highest BCUT2D eigenvalue weighted by Gasteiger charge is 2.25. The van der Waals surface area contributed by atoms with Crippen LogP contribution in [0.2, 0.25) is 15.1 Å². The van der Waals surface area contributed by atoms with E-state index in [1.165, 1.54) is 12.1 Å². The Labute approximate surface area is 180 Å². The highest BCUT2D eigenvalue weighted by atomic mass is 35.5. The van der Waals surface area contributed by atoms with E-state index in [0.29, 0.717) is 0 Å². The van der Waals surface area contributed by atoms with Gasteiger partial charge in [0.05, 0.1) is 33.1 Å². The zero-order valence-corrected chi connectivity index (χ0v) is 19.0. The molecular formula is C19H21Cl3N2O3S. The predicted molar refractivity (Wildman–Crippen MR) is 116 cm³/mol. The summed E-state index contributed by atoms with van der Waals surface area (Å²) in [5, 5.41) is 3.22. The quantitative estimate of drug-likeness (QED) is 0.619. The molecule has 2 rings (SSSR count). The maximum Gasteiger partial charge on any atom is 0.241 e. The summed E-state index contributed by atoms with van der Waals surface area (Å²) in [7, 11) is -3.79. The molecule has 152 valence electrons. The molecule has 0 bridgehead atoms. The van der Waals surface area contributed by atoms with E-state index in [4.69, 9.17) is 34.8 Å². The highest BCUT2D eigenvalue weighted by molar-refractivity contribution is 7.92. The van der Waals surface area contributed by atoms with Crippen LogP contribution in [-0.4, -0.2) is 27.1 Å². The fourth-order valence-corrected chi connectivity index (χ4v) is 4.17. The van der Waals surface area contributed by atoms with Crippen LogP contribution in [-0.2, 0) is 14.8 Å². The van der Waals surface area contributed by atoms with Gasteiger partial charge in [-0.05, 0) is 49.6 Å². The number of sulfonamides is 1. The zero-order valence-electron chi connectivity index (χ0n) is 15.9. The average molecular weight is 464 g/mol. The fraction of sp³-hybridized carbons (Fsp3) is 0.316. The van der Waals surface area contributed by atoms with Gasteiger partial charge in [0.25, 0.3) is 0 Å². The molecule has 1 atom stereocenters. The van der Waals surface area contributed by atoms with E-state index in [1.807, 2.05) is 39.0 Å². The number of aryl methyl sites for hydroxylation is 2. The molecule has 1 unspecified atom stereocenters. The summed E-state index contributed by atoms with van der Waals surface area (Å²) in [6, 6.07) is 8.27. The van der Waals surface area contributed by atoms with Crippen molar-refractivity contribution in [2.75, 3.05) is 17.1 Å². The van der Waals surface area contributed by atoms with Crippen molar-refractivity contribution in [2.24, 2.45) is 0 Å². The summed E-state index contributed by atoms with van der Waals surface area (Å²) < 4.78 is 25.4. The van der Waals surface area contributed by atoms with Crippen LogP contribution in [0, 0.1) is 13.8 Å². The third-order valence-electron chi connectivity index (χ3n) is 4.35. The number of carbonyl (C=O) groups is 1. The second-order valence-corrected chi connectivity index (χ2v) is 9.75. The van der Waals surface area contributed by atoms with E-state index in [2.05, 4.69) is 5.32 Å². The van der Waals surface area contributed by atoms with Crippen LogP contribution in [0.25, 0.3) is 0 Å². The van der Waals surface area contributed by atoms with Gasteiger partial charge in [-0.1, -0.05) is 53.0 Å². The Morgan fingerprint density at radius 1 is 1.04 bits per heavy atom. The summed E-state index contributed by atoms with van der Waals surface area (Å²) in [5.41, 5.74) is 3.28. The van der Waals surface area contributed by atoms with E-state index < -0.39 is 22.5 Å². The lowest BCUT2D eigenvalue weighted by molar-refractivity contribution is -0.120. The molecule has 0 aromatic heterocycles. The van der Waals surface area contributed by atoms with Gasteiger partial charge in [-0.25, -0.2) is 8.42 Å². The van der Waals surface area contributed by atoms with E-state index in [-0.39, 0.29) is 26.8 Å². The predicted octanol–water partition coefficient (Wildman–Crippen LogP) is 4.91. The molecule has 0 saturated carbocycles. The Balaban J connectivity index is 2.24. The second kappa shape index (κ2) is 8.91. The van der Waals surface area contributed by atoms with Crippen molar-refractivity contribution in [2.45, 2.75) is 26.8 Å². The number of hydrogen-bond donors (Lipinski definition) is 1. The normalized spacial score (nSPS) is 12.5. The van der Waals surface area contributed by atoms with Crippen molar-refractivity contribution >= 4 is 56.4 Å². The van der Waals surface area contributed by atoms with Crippen molar-refractivity contribution in [3.05, 3.63) is 62.1 Å². The van der Waals surface area contributed by atoms with Crippen LogP contribution < -0.4 is 9.62 Å². The first kappa shape index (κ1) is 22.8. The van der Waals surface area contributed by atoms with Crippen LogP contribution in [0.1, 0.15) is 29.7 Å². The standard InChI is InChI=1S/C19H21Cl3N2O3S/c1-11-5-6-14(7-12(11)2)13(3)23-19(25)10-24(28(4,26)27)18-9-16(21)15(20)8-17(18)22/h5-9,13H,10H2,1-4H3,(H,23,25). The van der Waals surface area contributed by atoms with E-state index in [9.17, 15) is 13.2 Å². The van der Waals surface area contributed by atoms with Gasteiger partial charge < -0.3 is 5.32 Å². The molecule has 2 aromatic rings. The van der Waals surface area contributed by atoms with Crippen molar-refractivity contribution in [3.63, 3.8) is 0 Å². The SMILES string of the molecule is Cc1ccc(C(C)NC(=O)CN(c2cc(Cl)c(Cl)cc2Cl)S(C)(=O)=O)cc1C. The summed E-state index contributed by atoms with van der Waals surface area (Å²) >= 11 is 18.0. The van der Waals surface area contributed by atoms with E-state index in [1.54, 1.807) is 0 Å². The molecule has 2 aromatic carbocycles. The lowest BCUT2D eigenvalue weighted by atomic mass is 10.0. The van der Waals surface area contributed by atoms with Crippen LogP contribution >= 0.6 is 34.8 Å². The van der Waals surface area contributed by atoms with Crippen molar-refractivity contribution < 1.29 is 13.2 Å². The average Bonchev–Trinajstić information content (AvgIpc) is 2.57. The maximum atomic E-state index is 12.6. The van der Waals surface area contributed by atoms with Gasteiger partial charge in [-0.15, -0.1) is 0 Å². The minimum atomic E-state index is -3.79. The maximum absolute atomic E-state index is 12.6. The minimum Gasteiger partial charge on any atom is -0.348 e. The number of rotatable bonds is 6. The molecule has 5 nitrogen and oxygen atoms in total. The molecule has 0 aliphatic rings. The first-order chi connectivity index (χ1) is 12.9. The number of halogens is 3. The number of benzene rings is 2. The molecule has 1 amide bonds. The van der Waals surface area contributed by atoms with Crippen molar-refractivity contribution in [1.82, 2.24) is 5.32 Å². The third-order valence-corrected chi connectivity index (χ3v) is 6.51. The van der Waals surface area contributed by atoms with Gasteiger partial charge in [0.15, 0.2) is 0 Å². The lowest BCUT2D eigenvalue weighted by Gasteiger charge is -2.24. The molecule has 0 aliphatic heterocycles. The van der Waals surface area contributed by atoms with Crippen molar-refractivity contribution in [3.8, 4) is 0 Å². The van der Waals surface area contributed by atoms with Gasteiger partial charge in [0.1, 0.15) is 6.54 Å². The fourth-order valence-electron chi connectivity index (χ4n) is 2.62. The largest absolute Gasteiger partial charge is 0.348 e. The topological polar surface area (TPSA) is 66.5 Å². The first-order valence-corrected chi connectivity index (χ1v) is 11.4. The summed E-state index contributed by atoms with van der Waals surface area (Å²) in [6.07, 6.45) is 0.992. The molecular weight excluding hydrogens is 443 g/mol. The highest BCUT2D eigenvalue weighted by Crippen LogP contribution is 2.35. The Morgan fingerprint density at radius 2 is 1.64 bits per heavy atom. The third kappa shape index (κ3) is 5.54. The number of anilines is 1. The van der Waals surface area contributed by atoms with Gasteiger partial charge in [-0.3, -0.25) is 9.10 Å². The number of carbonyl (C=O) groups excluding carboxylic acids is 1. The molecule has 0 heterocycles. The second-order valence-electron chi connectivity index (χ2n) is 6.62. The number of nitrogens with one attached hydrogen (secondary N) is 1. The number of nitrogens with zero attached hydrogens (tertiary/aromatic N) is 1. The summed E-state index contributed by atoms with van der Waals surface area (Å²) in [5.74, 6) is -0.474. The molecule has 28 heavy (non-hydrogen) atoms. The van der Waals surface area contributed by atoms with Crippen molar-refractivity contribution in [1.29, 1.82) is 0 Å². The van der Waals surface area contributed by atoms with Crippen LogP contribution in [0.4, 0.5) is 5.69 Å². The first-order valence-electron chi connectivity index (χ1n) is 8.39. The smallest absolute Gasteiger partial charge is 0.241 e. The van der Waals surface area contributed by atoms with Crippen LogP contribution in [0.3, 0.4) is 0 Å². The molecule has 1 N–H and O–H groups in total. The molecule has 9 heteroatoms. The Morgan fingerprint density at radius 3 is 2.21 bits per heavy atom. The van der Waals surface area contributed by atoms with E-state index >= 15 is 0 Å².